The molecular formula is C24H40N2. The molecule has 1 spiro atoms. The van der Waals surface area contributed by atoms with Crippen LogP contribution >= 0.6 is 0 Å². The maximum Gasteiger partial charge on any atom is 0.0127 e. The Balaban J connectivity index is 1.45. The first-order valence-corrected chi connectivity index (χ1v) is 11.4. The second kappa shape index (κ2) is 5.83. The van der Waals surface area contributed by atoms with E-state index in [1.54, 1.807) is 0 Å². The molecule has 5 rings (SSSR count). The largest absolute Gasteiger partial charge is 0.306 e. The van der Waals surface area contributed by atoms with Gasteiger partial charge in [0.1, 0.15) is 0 Å². The van der Waals surface area contributed by atoms with Gasteiger partial charge >= 0.3 is 0 Å². The standard InChI is InChI=1S/C24H40N2/c1-16-20-8-9-22-19-7-6-17-14-18(25(3)4)10-12-23(17,2)21(19)11-13-24(20,22)15-26(16)5/h6,16,18-22H,7-15H2,1-5H3/t16-,18-,19+,20-,21-,22+,23-,24-/m0/s1. The Labute approximate surface area is 161 Å². The van der Waals surface area contributed by atoms with Gasteiger partial charge in [-0.1, -0.05) is 18.6 Å². The van der Waals surface area contributed by atoms with Crippen molar-refractivity contribution in [1.29, 1.82) is 0 Å². The van der Waals surface area contributed by atoms with Crippen LogP contribution in [0.4, 0.5) is 0 Å². The van der Waals surface area contributed by atoms with Gasteiger partial charge in [0.2, 0.25) is 0 Å². The summed E-state index contributed by atoms with van der Waals surface area (Å²) in [6, 6.07) is 1.60. The van der Waals surface area contributed by atoms with Crippen LogP contribution in [-0.2, 0) is 0 Å². The molecule has 4 aliphatic carbocycles. The van der Waals surface area contributed by atoms with Crippen LogP contribution in [0.1, 0.15) is 65.2 Å². The number of hydrogen-bond donors (Lipinski definition) is 0. The van der Waals surface area contributed by atoms with Crippen LogP contribution in [0.3, 0.4) is 0 Å². The summed E-state index contributed by atoms with van der Waals surface area (Å²) in [5, 5.41) is 0. The van der Waals surface area contributed by atoms with E-state index in [2.05, 4.69) is 50.9 Å². The summed E-state index contributed by atoms with van der Waals surface area (Å²) in [6.45, 7) is 6.56. The molecule has 0 aromatic rings. The van der Waals surface area contributed by atoms with Crippen molar-refractivity contribution in [3.8, 4) is 0 Å². The van der Waals surface area contributed by atoms with Gasteiger partial charge in [0.15, 0.2) is 0 Å². The summed E-state index contributed by atoms with van der Waals surface area (Å²) in [4.78, 5) is 5.17. The molecule has 3 saturated carbocycles. The van der Waals surface area contributed by atoms with Crippen LogP contribution in [-0.4, -0.2) is 49.6 Å². The fourth-order valence-corrected chi connectivity index (χ4v) is 8.88. The smallest absolute Gasteiger partial charge is 0.0127 e. The van der Waals surface area contributed by atoms with Crippen LogP contribution < -0.4 is 0 Å². The Morgan fingerprint density at radius 2 is 1.81 bits per heavy atom. The highest BCUT2D eigenvalue weighted by Crippen LogP contribution is 2.68. The van der Waals surface area contributed by atoms with Gasteiger partial charge in [-0.15, -0.1) is 0 Å². The average Bonchev–Trinajstić information content (AvgIpc) is 3.08. The molecule has 1 saturated heterocycles. The third-order valence-electron chi connectivity index (χ3n) is 10.4. The van der Waals surface area contributed by atoms with Gasteiger partial charge in [-0.25, -0.2) is 0 Å². The Hall–Kier alpha value is -0.340. The Morgan fingerprint density at radius 1 is 1.04 bits per heavy atom. The third-order valence-corrected chi connectivity index (χ3v) is 10.4. The molecule has 0 unspecified atom stereocenters. The molecule has 0 radical (unpaired) electrons. The van der Waals surface area contributed by atoms with E-state index in [4.69, 9.17) is 0 Å². The molecule has 146 valence electrons. The van der Waals surface area contributed by atoms with Gasteiger partial charge in [0, 0.05) is 18.6 Å². The molecule has 8 atom stereocenters. The van der Waals surface area contributed by atoms with Crippen molar-refractivity contribution in [1.82, 2.24) is 9.80 Å². The summed E-state index contributed by atoms with van der Waals surface area (Å²) in [5.41, 5.74) is 3.04. The molecule has 1 aliphatic heterocycles. The fourth-order valence-electron chi connectivity index (χ4n) is 8.88. The predicted octanol–water partition coefficient (Wildman–Crippen LogP) is 4.81. The van der Waals surface area contributed by atoms with Gasteiger partial charge in [0.05, 0.1) is 0 Å². The van der Waals surface area contributed by atoms with Crippen molar-refractivity contribution >= 4 is 0 Å². The lowest BCUT2D eigenvalue weighted by molar-refractivity contribution is -0.0430. The summed E-state index contributed by atoms with van der Waals surface area (Å²) in [7, 11) is 6.95. The van der Waals surface area contributed by atoms with Crippen LogP contribution in [0.2, 0.25) is 0 Å². The maximum absolute atomic E-state index is 2.74. The highest BCUT2D eigenvalue weighted by Gasteiger charge is 2.63. The highest BCUT2D eigenvalue weighted by molar-refractivity contribution is 5.26. The van der Waals surface area contributed by atoms with E-state index in [1.165, 1.54) is 57.9 Å². The van der Waals surface area contributed by atoms with E-state index in [-0.39, 0.29) is 0 Å². The van der Waals surface area contributed by atoms with E-state index in [0.29, 0.717) is 10.8 Å². The molecule has 0 amide bonds. The number of fused-ring (bicyclic) bond motifs is 4. The fraction of sp³-hybridized carbons (Fsp3) is 0.917. The number of likely N-dealkylation sites (tertiary alicyclic amines) is 1. The summed E-state index contributed by atoms with van der Waals surface area (Å²) >= 11 is 0. The minimum Gasteiger partial charge on any atom is -0.306 e. The zero-order valence-electron chi connectivity index (χ0n) is 17.8. The van der Waals surface area contributed by atoms with Crippen molar-refractivity contribution in [2.45, 2.75) is 77.3 Å². The SMILES string of the molecule is C[C@H]1[C@@H]2CC[C@@H]3[C@@H]4CC=C5C[C@@H](N(C)C)CC[C@]5(C)[C@H]4CC[C@@]32CN1C. The van der Waals surface area contributed by atoms with E-state index in [9.17, 15) is 0 Å². The normalized spacial score (nSPS) is 53.7. The second-order valence-corrected chi connectivity index (χ2v) is 11.2. The number of nitrogens with zero attached hydrogens (tertiary/aromatic N) is 2. The van der Waals surface area contributed by atoms with Gasteiger partial charge < -0.3 is 9.80 Å². The molecular weight excluding hydrogens is 316 g/mol. The lowest BCUT2D eigenvalue weighted by atomic mass is 9.47. The predicted molar refractivity (Wildman–Crippen MR) is 109 cm³/mol. The molecule has 0 bridgehead atoms. The number of rotatable bonds is 1. The summed E-state index contributed by atoms with van der Waals surface area (Å²) < 4.78 is 0. The molecule has 2 nitrogen and oxygen atoms in total. The quantitative estimate of drug-likeness (QED) is 0.622. The maximum atomic E-state index is 2.74. The first-order chi connectivity index (χ1) is 12.4. The Kier molecular flexibility index (Phi) is 3.98. The van der Waals surface area contributed by atoms with Crippen LogP contribution in [0.15, 0.2) is 11.6 Å². The zero-order valence-corrected chi connectivity index (χ0v) is 17.8. The minimum absolute atomic E-state index is 0.519. The van der Waals surface area contributed by atoms with Crippen LogP contribution in [0.5, 0.6) is 0 Å². The summed E-state index contributed by atoms with van der Waals surface area (Å²) in [6.07, 6.45) is 14.4. The van der Waals surface area contributed by atoms with E-state index < -0.39 is 0 Å². The Morgan fingerprint density at radius 3 is 2.58 bits per heavy atom. The molecule has 1 heterocycles. The van der Waals surface area contributed by atoms with Gasteiger partial charge in [0.25, 0.3) is 0 Å². The van der Waals surface area contributed by atoms with Gasteiger partial charge in [-0.3, -0.25) is 0 Å². The van der Waals surface area contributed by atoms with Crippen molar-refractivity contribution in [2.75, 3.05) is 27.7 Å². The monoisotopic (exact) mass is 356 g/mol. The molecule has 0 aromatic heterocycles. The second-order valence-electron chi connectivity index (χ2n) is 11.2. The molecule has 4 fully saturated rings. The minimum atomic E-state index is 0.519. The lowest BCUT2D eigenvalue weighted by Crippen LogP contribution is -2.52. The van der Waals surface area contributed by atoms with Crippen molar-refractivity contribution in [3.05, 3.63) is 11.6 Å². The zero-order chi connectivity index (χ0) is 18.3. The molecule has 0 aromatic carbocycles. The van der Waals surface area contributed by atoms with Gasteiger partial charge in [-0.05, 0) is 114 Å². The first-order valence-electron chi connectivity index (χ1n) is 11.4. The molecule has 2 heteroatoms. The van der Waals surface area contributed by atoms with Crippen molar-refractivity contribution in [3.63, 3.8) is 0 Å². The van der Waals surface area contributed by atoms with E-state index in [0.717, 1.165) is 35.8 Å². The summed E-state index contributed by atoms with van der Waals surface area (Å²) in [5.74, 6) is 3.96. The average molecular weight is 357 g/mol. The molecule has 26 heavy (non-hydrogen) atoms. The molecule has 5 aliphatic rings. The van der Waals surface area contributed by atoms with Gasteiger partial charge in [-0.2, -0.15) is 0 Å². The van der Waals surface area contributed by atoms with Crippen LogP contribution in [0, 0.1) is 34.5 Å². The Bertz CT molecular complexity index is 609. The lowest BCUT2D eigenvalue weighted by Gasteiger charge is -2.58. The molecule has 0 N–H and O–H groups in total. The van der Waals surface area contributed by atoms with Crippen molar-refractivity contribution in [2.24, 2.45) is 34.5 Å². The number of hydrogen-bond acceptors (Lipinski definition) is 2. The first kappa shape index (κ1) is 17.7. The van der Waals surface area contributed by atoms with Crippen molar-refractivity contribution < 1.29 is 0 Å². The van der Waals surface area contributed by atoms with Crippen LogP contribution in [0.25, 0.3) is 0 Å². The topological polar surface area (TPSA) is 6.48 Å². The van der Waals surface area contributed by atoms with E-state index >= 15 is 0 Å². The third kappa shape index (κ3) is 2.18. The highest BCUT2D eigenvalue weighted by atomic mass is 15.2. The van der Waals surface area contributed by atoms with E-state index in [1.807, 2.05) is 5.57 Å². The number of allylic oxidation sites excluding steroid dienone is 1.